The SMILES string of the molecule is CC1c2ccccc2-c2ccc(-c3ccc4oc5cccc(C6=NC(c7ccc(-c8ccc9c(c8)oc8ccccc89)cc7)CCCC(c7ccccc7)=N6)c5c4c3)cc2CC1c1ccccc1. The molecular weight excluding hydrogens is 829 g/mol. The van der Waals surface area contributed by atoms with Gasteiger partial charge in [-0.15, -0.1) is 0 Å². The first-order valence-corrected chi connectivity index (χ1v) is 24.1. The summed E-state index contributed by atoms with van der Waals surface area (Å²) in [4.78, 5) is 11.1. The van der Waals surface area contributed by atoms with E-state index in [-0.39, 0.29) is 6.04 Å². The second-order valence-corrected chi connectivity index (χ2v) is 18.7. The van der Waals surface area contributed by atoms with E-state index in [0.717, 1.165) is 109 Å². The molecule has 1 aliphatic carbocycles. The average molecular weight is 877 g/mol. The summed E-state index contributed by atoms with van der Waals surface area (Å²) in [6, 6.07) is 74.4. The van der Waals surface area contributed by atoms with Gasteiger partial charge >= 0.3 is 0 Å². The predicted molar refractivity (Wildman–Crippen MR) is 281 cm³/mol. The molecule has 3 unspecified atom stereocenters. The van der Waals surface area contributed by atoms with E-state index in [1.807, 2.05) is 12.1 Å². The van der Waals surface area contributed by atoms with Crippen molar-refractivity contribution >= 4 is 55.4 Å². The highest BCUT2D eigenvalue weighted by Gasteiger charge is 2.29. The smallest absolute Gasteiger partial charge is 0.156 e. The van der Waals surface area contributed by atoms with E-state index in [2.05, 4.69) is 201 Å². The second kappa shape index (κ2) is 16.7. The van der Waals surface area contributed by atoms with Gasteiger partial charge in [-0.2, -0.15) is 0 Å². The number of aliphatic imine (C=N–C) groups is 2. The minimum Gasteiger partial charge on any atom is -0.456 e. The lowest BCUT2D eigenvalue weighted by atomic mass is 9.80. The van der Waals surface area contributed by atoms with Crippen LogP contribution in [0.5, 0.6) is 0 Å². The van der Waals surface area contributed by atoms with Gasteiger partial charge in [-0.25, -0.2) is 4.99 Å². The number of fused-ring (bicyclic) bond motifs is 9. The molecule has 13 rings (SSSR count). The molecule has 0 radical (unpaired) electrons. The van der Waals surface area contributed by atoms with Crippen LogP contribution < -0.4 is 0 Å². The van der Waals surface area contributed by atoms with Crippen molar-refractivity contribution in [2.45, 2.75) is 50.5 Å². The third-order valence-corrected chi connectivity index (χ3v) is 14.7. The molecule has 0 bridgehead atoms. The zero-order chi connectivity index (χ0) is 45.1. The highest BCUT2D eigenvalue weighted by molar-refractivity contribution is 6.22. The summed E-state index contributed by atoms with van der Waals surface area (Å²) in [5.41, 5.74) is 19.3. The highest BCUT2D eigenvalue weighted by atomic mass is 16.3. The lowest BCUT2D eigenvalue weighted by Gasteiger charge is -2.24. The van der Waals surface area contributed by atoms with Gasteiger partial charge in [-0.05, 0) is 135 Å². The van der Waals surface area contributed by atoms with Crippen molar-refractivity contribution in [3.05, 3.63) is 240 Å². The van der Waals surface area contributed by atoms with E-state index < -0.39 is 0 Å². The molecule has 0 N–H and O–H groups in total. The van der Waals surface area contributed by atoms with Crippen LogP contribution in [0.1, 0.15) is 77.4 Å². The lowest BCUT2D eigenvalue weighted by molar-refractivity contribution is 0.579. The number of benzene rings is 9. The molecular formula is C64H48N2O2. The summed E-state index contributed by atoms with van der Waals surface area (Å²) in [6.45, 7) is 2.40. The zero-order valence-electron chi connectivity index (χ0n) is 37.9. The Hall–Kier alpha value is -8.08. The van der Waals surface area contributed by atoms with Crippen LogP contribution in [0.4, 0.5) is 0 Å². The monoisotopic (exact) mass is 876 g/mol. The van der Waals surface area contributed by atoms with Crippen molar-refractivity contribution in [1.29, 1.82) is 0 Å². The maximum atomic E-state index is 6.66. The Morgan fingerprint density at radius 3 is 2.00 bits per heavy atom. The van der Waals surface area contributed by atoms with Crippen LogP contribution in [0.3, 0.4) is 0 Å². The fourth-order valence-corrected chi connectivity index (χ4v) is 11.2. The summed E-state index contributed by atoms with van der Waals surface area (Å²) >= 11 is 0. The molecule has 4 nitrogen and oxygen atoms in total. The number of para-hydroxylation sites is 1. The number of rotatable bonds is 6. The summed E-state index contributed by atoms with van der Waals surface area (Å²) in [5.74, 6) is 1.47. The van der Waals surface area contributed by atoms with Gasteiger partial charge in [0.2, 0.25) is 0 Å². The molecule has 0 saturated heterocycles. The van der Waals surface area contributed by atoms with Crippen LogP contribution in [-0.4, -0.2) is 11.5 Å². The van der Waals surface area contributed by atoms with Gasteiger partial charge in [-0.3, -0.25) is 4.99 Å². The molecule has 4 heteroatoms. The maximum Gasteiger partial charge on any atom is 0.156 e. The molecule has 2 aliphatic rings. The molecule has 1 aliphatic heterocycles. The molecule has 0 spiro atoms. The minimum atomic E-state index is -0.0749. The number of furan rings is 2. The molecule has 0 fully saturated rings. The molecule has 0 amide bonds. The first-order chi connectivity index (χ1) is 33.6. The predicted octanol–water partition coefficient (Wildman–Crippen LogP) is 17.1. The average Bonchev–Trinajstić information content (AvgIpc) is 3.93. The molecule has 2 aromatic heterocycles. The van der Waals surface area contributed by atoms with Crippen LogP contribution in [0.15, 0.2) is 225 Å². The Kier molecular flexibility index (Phi) is 9.85. The summed E-state index contributed by atoms with van der Waals surface area (Å²) in [7, 11) is 0. The highest BCUT2D eigenvalue weighted by Crippen LogP contribution is 2.46. The Bertz CT molecular complexity index is 3760. The van der Waals surface area contributed by atoms with E-state index in [1.165, 1.54) is 38.9 Å². The minimum absolute atomic E-state index is 0.0749. The number of hydrogen-bond acceptors (Lipinski definition) is 4. The molecule has 3 heterocycles. The van der Waals surface area contributed by atoms with Crippen molar-refractivity contribution in [2.24, 2.45) is 9.98 Å². The van der Waals surface area contributed by atoms with Crippen LogP contribution in [0, 0.1) is 0 Å². The van der Waals surface area contributed by atoms with Crippen molar-refractivity contribution in [2.75, 3.05) is 0 Å². The van der Waals surface area contributed by atoms with Crippen LogP contribution in [0.25, 0.3) is 77.3 Å². The molecule has 9 aromatic carbocycles. The van der Waals surface area contributed by atoms with Gasteiger partial charge in [0, 0.05) is 27.1 Å². The molecule has 68 heavy (non-hydrogen) atoms. The number of hydrogen-bond donors (Lipinski definition) is 0. The van der Waals surface area contributed by atoms with Crippen molar-refractivity contribution in [3.8, 4) is 33.4 Å². The fraction of sp³-hybridized carbons (Fsp3) is 0.125. The standard InChI is InChI=1S/C64H48N2O2/c1-40-49-18-8-9-19-51(49)50-33-30-45(36-48(50)38-55(40)42-14-4-2-5-15-42)46-32-35-60-56(37-46)63-54(21-12-25-61(63)67-60)64-65-57(43-16-6-3-7-17-43)22-13-23-58(66-64)44-28-26-41(27-29-44)47-31-34-53-52-20-10-11-24-59(52)68-62(53)39-47/h2-12,14-21,24-37,39-40,55,58H,13,22-23,38H2,1H3. The normalized spacial score (nSPS) is 17.3. The van der Waals surface area contributed by atoms with E-state index in [4.69, 9.17) is 18.8 Å². The number of amidine groups is 1. The lowest BCUT2D eigenvalue weighted by Crippen LogP contribution is -2.13. The quantitative estimate of drug-likeness (QED) is 0.167. The van der Waals surface area contributed by atoms with Crippen molar-refractivity contribution in [3.63, 3.8) is 0 Å². The Morgan fingerprint density at radius 2 is 1.12 bits per heavy atom. The third kappa shape index (κ3) is 7.07. The first kappa shape index (κ1) is 40.2. The molecule has 3 atom stereocenters. The van der Waals surface area contributed by atoms with Gasteiger partial charge < -0.3 is 8.83 Å². The Labute approximate surface area is 396 Å². The largest absolute Gasteiger partial charge is 0.456 e. The van der Waals surface area contributed by atoms with Crippen LogP contribution in [0.2, 0.25) is 0 Å². The van der Waals surface area contributed by atoms with Crippen molar-refractivity contribution < 1.29 is 8.83 Å². The van der Waals surface area contributed by atoms with Gasteiger partial charge in [0.1, 0.15) is 22.3 Å². The second-order valence-electron chi connectivity index (χ2n) is 18.7. The van der Waals surface area contributed by atoms with Gasteiger partial charge in [0.25, 0.3) is 0 Å². The third-order valence-electron chi connectivity index (χ3n) is 14.7. The summed E-state index contributed by atoms with van der Waals surface area (Å²) < 4.78 is 12.9. The number of nitrogens with zero attached hydrogens (tertiary/aromatic N) is 2. The zero-order valence-corrected chi connectivity index (χ0v) is 37.9. The van der Waals surface area contributed by atoms with Gasteiger partial charge in [-0.1, -0.05) is 177 Å². The van der Waals surface area contributed by atoms with Crippen LogP contribution >= 0.6 is 0 Å². The summed E-state index contributed by atoms with van der Waals surface area (Å²) in [5, 5.41) is 4.38. The fourth-order valence-electron chi connectivity index (χ4n) is 11.2. The molecule has 0 saturated carbocycles. The molecule has 11 aromatic rings. The van der Waals surface area contributed by atoms with Gasteiger partial charge in [0.15, 0.2) is 5.84 Å². The van der Waals surface area contributed by atoms with Crippen LogP contribution in [-0.2, 0) is 6.42 Å². The van der Waals surface area contributed by atoms with Crippen molar-refractivity contribution in [1.82, 2.24) is 0 Å². The summed E-state index contributed by atoms with van der Waals surface area (Å²) in [6.07, 6.45) is 3.69. The Morgan fingerprint density at radius 1 is 0.456 bits per heavy atom. The maximum absolute atomic E-state index is 6.66. The van der Waals surface area contributed by atoms with E-state index in [1.54, 1.807) is 0 Å². The Balaban J connectivity index is 0.905. The molecule has 326 valence electrons. The first-order valence-electron chi connectivity index (χ1n) is 24.1. The van der Waals surface area contributed by atoms with E-state index >= 15 is 0 Å². The van der Waals surface area contributed by atoms with Gasteiger partial charge in [0.05, 0.1) is 11.8 Å². The topological polar surface area (TPSA) is 51.0 Å². The van der Waals surface area contributed by atoms with E-state index in [0.29, 0.717) is 11.8 Å². The van der Waals surface area contributed by atoms with E-state index in [9.17, 15) is 0 Å².